The molecule has 0 saturated carbocycles. The summed E-state index contributed by atoms with van der Waals surface area (Å²) in [7, 11) is 0. The number of aryl methyl sites for hydroxylation is 1. The van der Waals surface area contributed by atoms with Crippen molar-refractivity contribution < 1.29 is 54.0 Å². The van der Waals surface area contributed by atoms with Gasteiger partial charge in [-0.2, -0.15) is 0 Å². The second-order valence-corrected chi connectivity index (χ2v) is 3.96. The smallest absolute Gasteiger partial charge is 0.163 e. The standard InChI is InChI=1S/C15H14O2.Ac/c16-14-8-4-7-13(11-14)15(17)10-9-12-5-2-1-3-6-12;/h1-8,11,16H,9-10H2;. The van der Waals surface area contributed by atoms with Crippen molar-refractivity contribution >= 4 is 5.78 Å². The monoisotopic (exact) mass is 453 g/mol. The Morgan fingerprint density at radius 2 is 1.72 bits per heavy atom. The fourth-order valence-electron chi connectivity index (χ4n) is 1.73. The molecule has 0 heterocycles. The van der Waals surface area contributed by atoms with Gasteiger partial charge in [0.05, 0.1) is 0 Å². The quantitative estimate of drug-likeness (QED) is 0.723. The van der Waals surface area contributed by atoms with Crippen LogP contribution < -0.4 is 0 Å². The third kappa shape index (κ3) is 4.55. The van der Waals surface area contributed by atoms with Crippen molar-refractivity contribution in [1.29, 1.82) is 0 Å². The molecule has 0 aliphatic rings. The predicted octanol–water partition coefficient (Wildman–Crippen LogP) is 3.21. The summed E-state index contributed by atoms with van der Waals surface area (Å²) in [6.07, 6.45) is 1.20. The summed E-state index contributed by atoms with van der Waals surface area (Å²) in [5.74, 6) is 0.195. The molecule has 3 heteroatoms. The summed E-state index contributed by atoms with van der Waals surface area (Å²) in [4.78, 5) is 11.9. The van der Waals surface area contributed by atoms with E-state index in [0.29, 0.717) is 12.0 Å². The molecule has 0 fully saturated rings. The number of Topliss-reactive ketones (excluding diaryl/α,β-unsaturated/α-hetero) is 1. The first-order valence-corrected chi connectivity index (χ1v) is 5.62. The zero-order valence-electron chi connectivity index (χ0n) is 10.0. The number of ketones is 1. The Morgan fingerprint density at radius 1 is 1.00 bits per heavy atom. The number of carbonyl (C=O) groups excluding carboxylic acids is 1. The second kappa shape index (κ2) is 7.71. The average Bonchev–Trinajstić information content (AvgIpc) is 2.37. The molecule has 2 aromatic rings. The molecule has 0 aromatic heterocycles. The van der Waals surface area contributed by atoms with Gasteiger partial charge in [0.25, 0.3) is 0 Å². The van der Waals surface area contributed by atoms with Gasteiger partial charge in [-0.05, 0) is 24.1 Å². The number of hydrogen-bond acceptors (Lipinski definition) is 2. The minimum absolute atomic E-state index is 0. The van der Waals surface area contributed by atoms with E-state index in [1.807, 2.05) is 30.3 Å². The SMILES string of the molecule is O=C(CCc1ccccc1)c1cccc(O)c1.[Ac]. The Balaban J connectivity index is 0.00000162. The molecule has 0 unspecified atom stereocenters. The first-order valence-electron chi connectivity index (χ1n) is 5.62. The first-order chi connectivity index (χ1) is 8.25. The van der Waals surface area contributed by atoms with Crippen molar-refractivity contribution in [1.82, 2.24) is 0 Å². The number of phenolic OH excluding ortho intramolecular Hbond substituents is 1. The van der Waals surface area contributed by atoms with Crippen LogP contribution in [0.5, 0.6) is 5.75 Å². The molecule has 0 aliphatic carbocycles. The van der Waals surface area contributed by atoms with Crippen LogP contribution in [0.15, 0.2) is 54.6 Å². The maximum atomic E-state index is 11.9. The van der Waals surface area contributed by atoms with E-state index in [9.17, 15) is 9.90 Å². The molecule has 0 spiro atoms. The molecule has 2 rings (SSSR count). The third-order valence-electron chi connectivity index (χ3n) is 2.65. The van der Waals surface area contributed by atoms with Gasteiger partial charge < -0.3 is 5.11 Å². The van der Waals surface area contributed by atoms with Crippen molar-refractivity contribution in [3.05, 3.63) is 65.7 Å². The Bertz CT molecular complexity index is 509. The Hall–Kier alpha value is -0.648. The topological polar surface area (TPSA) is 37.3 Å². The van der Waals surface area contributed by atoms with E-state index in [-0.39, 0.29) is 55.6 Å². The molecule has 2 nitrogen and oxygen atoms in total. The van der Waals surface area contributed by atoms with E-state index in [1.165, 1.54) is 6.07 Å². The number of carbonyl (C=O) groups is 1. The van der Waals surface area contributed by atoms with Gasteiger partial charge in [-0.15, -0.1) is 0 Å². The normalized spacial score (nSPS) is 9.56. The van der Waals surface area contributed by atoms with E-state index in [4.69, 9.17) is 0 Å². The number of aromatic hydroxyl groups is 1. The molecule has 0 saturated heterocycles. The van der Waals surface area contributed by atoms with Gasteiger partial charge in [-0.3, -0.25) is 4.79 Å². The molecule has 0 bridgehead atoms. The molecule has 18 heavy (non-hydrogen) atoms. The van der Waals surface area contributed by atoms with Crippen LogP contribution in [0.1, 0.15) is 22.3 Å². The van der Waals surface area contributed by atoms with Crippen molar-refractivity contribution in [3.63, 3.8) is 0 Å². The molecule has 0 amide bonds. The van der Waals surface area contributed by atoms with E-state index in [2.05, 4.69) is 0 Å². The van der Waals surface area contributed by atoms with Crippen LogP contribution in [0.25, 0.3) is 0 Å². The Labute approximate surface area is 143 Å². The van der Waals surface area contributed by atoms with Gasteiger partial charge >= 0.3 is 0 Å². The number of benzene rings is 2. The van der Waals surface area contributed by atoms with Crippen LogP contribution in [-0.2, 0) is 6.42 Å². The third-order valence-corrected chi connectivity index (χ3v) is 2.65. The van der Waals surface area contributed by atoms with E-state index in [1.54, 1.807) is 18.2 Å². The van der Waals surface area contributed by atoms with Crippen molar-refractivity contribution in [2.75, 3.05) is 0 Å². The number of phenols is 1. The molecular weight excluding hydrogens is 439 g/mol. The van der Waals surface area contributed by atoms with Crippen LogP contribution in [-0.4, -0.2) is 10.9 Å². The molecule has 2 aromatic carbocycles. The Morgan fingerprint density at radius 3 is 2.39 bits per heavy atom. The van der Waals surface area contributed by atoms with Crippen LogP contribution in [0, 0.1) is 44.1 Å². The number of rotatable bonds is 4. The fourth-order valence-corrected chi connectivity index (χ4v) is 1.73. The second-order valence-electron chi connectivity index (χ2n) is 3.96. The summed E-state index contributed by atoms with van der Waals surface area (Å²) in [5.41, 5.74) is 1.72. The summed E-state index contributed by atoms with van der Waals surface area (Å²) < 4.78 is 0. The molecule has 0 aliphatic heterocycles. The Kier molecular flexibility index (Phi) is 6.60. The first kappa shape index (κ1) is 15.4. The van der Waals surface area contributed by atoms with Crippen molar-refractivity contribution in [2.24, 2.45) is 0 Å². The molecular formula is C15H14AcO2. The van der Waals surface area contributed by atoms with Gasteiger partial charge in [0, 0.05) is 56.0 Å². The van der Waals surface area contributed by atoms with Crippen LogP contribution in [0.2, 0.25) is 0 Å². The van der Waals surface area contributed by atoms with Gasteiger partial charge in [0.15, 0.2) is 5.78 Å². The molecule has 1 radical (unpaired) electrons. The molecule has 89 valence electrons. The van der Waals surface area contributed by atoms with Crippen LogP contribution in [0.3, 0.4) is 0 Å². The molecule has 0 atom stereocenters. The van der Waals surface area contributed by atoms with Gasteiger partial charge in [0.1, 0.15) is 5.75 Å². The largest absolute Gasteiger partial charge is 0.508 e. The summed E-state index contributed by atoms with van der Waals surface area (Å²) >= 11 is 0. The fraction of sp³-hybridized carbons (Fsp3) is 0.133. The minimum Gasteiger partial charge on any atom is -0.508 e. The van der Waals surface area contributed by atoms with E-state index in [0.717, 1.165) is 12.0 Å². The maximum Gasteiger partial charge on any atom is 0.163 e. The minimum atomic E-state index is 0. The molecule has 1 N–H and O–H groups in total. The summed E-state index contributed by atoms with van der Waals surface area (Å²) in [6.45, 7) is 0. The van der Waals surface area contributed by atoms with E-state index < -0.39 is 0 Å². The van der Waals surface area contributed by atoms with Gasteiger partial charge in [0.2, 0.25) is 0 Å². The zero-order valence-corrected chi connectivity index (χ0v) is 14.8. The van der Waals surface area contributed by atoms with Gasteiger partial charge in [-0.1, -0.05) is 42.5 Å². The zero-order chi connectivity index (χ0) is 12.1. The van der Waals surface area contributed by atoms with Crippen LogP contribution >= 0.6 is 0 Å². The maximum absolute atomic E-state index is 11.9. The van der Waals surface area contributed by atoms with E-state index >= 15 is 0 Å². The predicted molar refractivity (Wildman–Crippen MR) is 67.2 cm³/mol. The van der Waals surface area contributed by atoms with Crippen LogP contribution in [0.4, 0.5) is 0 Å². The van der Waals surface area contributed by atoms with Crippen molar-refractivity contribution in [3.8, 4) is 5.75 Å². The van der Waals surface area contributed by atoms with Gasteiger partial charge in [-0.25, -0.2) is 0 Å². The summed E-state index contributed by atoms with van der Waals surface area (Å²) in [5, 5.41) is 9.29. The average molecular weight is 453 g/mol. The van der Waals surface area contributed by atoms with Crippen molar-refractivity contribution in [2.45, 2.75) is 12.8 Å². The number of hydrogen-bond donors (Lipinski definition) is 1. The summed E-state index contributed by atoms with van der Waals surface area (Å²) in [6, 6.07) is 16.4.